The maximum atomic E-state index is 13.5. The molecule has 26 heavy (non-hydrogen) atoms. The fourth-order valence-corrected chi connectivity index (χ4v) is 3.17. The molecule has 1 aliphatic rings. The summed E-state index contributed by atoms with van der Waals surface area (Å²) in [7, 11) is 0. The Hall–Kier alpha value is -2.86. The highest BCUT2D eigenvalue weighted by molar-refractivity contribution is 5.65. The minimum absolute atomic E-state index is 0.276. The minimum Gasteiger partial charge on any atom is -0.340 e. The standard InChI is InChI=1S/C20H20FN5/c21-16-4-1-5-17(11-16)24-19-12-18(14-6-9-22-10-7-14)25-20(26-19)15-3-2-8-23-13-15/h1,4-7,9-12,15,23H,2-3,8,13H2,(H,24,25,26)/t15-/m1/s1. The van der Waals surface area contributed by atoms with E-state index in [0.717, 1.165) is 43.0 Å². The van der Waals surface area contributed by atoms with Crippen molar-refractivity contribution in [3.05, 3.63) is 66.5 Å². The summed E-state index contributed by atoms with van der Waals surface area (Å²) >= 11 is 0. The summed E-state index contributed by atoms with van der Waals surface area (Å²) in [5.74, 6) is 1.47. The Morgan fingerprint density at radius 1 is 1.08 bits per heavy atom. The monoisotopic (exact) mass is 349 g/mol. The van der Waals surface area contributed by atoms with Crippen LogP contribution in [0.5, 0.6) is 0 Å². The number of piperidine rings is 1. The molecule has 0 unspecified atom stereocenters. The minimum atomic E-state index is -0.282. The molecule has 2 aromatic heterocycles. The van der Waals surface area contributed by atoms with Gasteiger partial charge in [-0.2, -0.15) is 0 Å². The van der Waals surface area contributed by atoms with Crippen LogP contribution in [0.25, 0.3) is 11.3 Å². The van der Waals surface area contributed by atoms with Crippen molar-refractivity contribution in [1.82, 2.24) is 20.3 Å². The van der Waals surface area contributed by atoms with Crippen LogP contribution >= 0.6 is 0 Å². The van der Waals surface area contributed by atoms with E-state index in [-0.39, 0.29) is 11.7 Å². The maximum absolute atomic E-state index is 13.5. The van der Waals surface area contributed by atoms with Crippen LogP contribution in [0, 0.1) is 5.82 Å². The van der Waals surface area contributed by atoms with Crippen LogP contribution in [0.2, 0.25) is 0 Å². The van der Waals surface area contributed by atoms with E-state index in [9.17, 15) is 4.39 Å². The van der Waals surface area contributed by atoms with Crippen molar-refractivity contribution in [2.75, 3.05) is 18.4 Å². The number of halogens is 1. The van der Waals surface area contributed by atoms with Gasteiger partial charge in [0.15, 0.2) is 0 Å². The number of benzene rings is 1. The number of hydrogen-bond acceptors (Lipinski definition) is 5. The van der Waals surface area contributed by atoms with Crippen LogP contribution in [-0.4, -0.2) is 28.0 Å². The van der Waals surface area contributed by atoms with E-state index in [0.29, 0.717) is 11.5 Å². The molecule has 0 radical (unpaired) electrons. The van der Waals surface area contributed by atoms with Crippen molar-refractivity contribution in [2.24, 2.45) is 0 Å². The van der Waals surface area contributed by atoms with Gasteiger partial charge in [0.05, 0.1) is 5.69 Å². The van der Waals surface area contributed by atoms with Crippen LogP contribution in [0.15, 0.2) is 54.9 Å². The van der Waals surface area contributed by atoms with Crippen molar-refractivity contribution in [3.63, 3.8) is 0 Å². The lowest BCUT2D eigenvalue weighted by Crippen LogP contribution is -2.29. The Balaban J connectivity index is 1.72. The molecule has 3 aromatic rings. The third-order valence-corrected chi connectivity index (χ3v) is 4.48. The predicted molar refractivity (Wildman–Crippen MR) is 99.8 cm³/mol. The predicted octanol–water partition coefficient (Wildman–Crippen LogP) is 3.89. The lowest BCUT2D eigenvalue weighted by Gasteiger charge is -2.22. The molecule has 0 amide bonds. The van der Waals surface area contributed by atoms with Crippen LogP contribution < -0.4 is 10.6 Å². The number of pyridine rings is 1. The van der Waals surface area contributed by atoms with E-state index in [2.05, 4.69) is 15.6 Å². The first-order valence-corrected chi connectivity index (χ1v) is 8.80. The zero-order valence-electron chi connectivity index (χ0n) is 14.3. The Kier molecular flexibility index (Phi) is 4.84. The first-order chi connectivity index (χ1) is 12.8. The zero-order chi connectivity index (χ0) is 17.8. The molecule has 0 bridgehead atoms. The van der Waals surface area contributed by atoms with Gasteiger partial charge in [0, 0.05) is 42.2 Å². The Morgan fingerprint density at radius 3 is 2.73 bits per heavy atom. The van der Waals surface area contributed by atoms with Crippen molar-refractivity contribution in [1.29, 1.82) is 0 Å². The summed E-state index contributed by atoms with van der Waals surface area (Å²) in [4.78, 5) is 13.6. The number of hydrogen-bond donors (Lipinski definition) is 2. The van der Waals surface area contributed by atoms with Crippen LogP contribution in [0.3, 0.4) is 0 Å². The highest BCUT2D eigenvalue weighted by Crippen LogP contribution is 2.27. The smallest absolute Gasteiger partial charge is 0.135 e. The maximum Gasteiger partial charge on any atom is 0.135 e. The highest BCUT2D eigenvalue weighted by Gasteiger charge is 2.19. The quantitative estimate of drug-likeness (QED) is 0.748. The molecule has 0 saturated carbocycles. The van der Waals surface area contributed by atoms with E-state index < -0.39 is 0 Å². The van der Waals surface area contributed by atoms with Crippen LogP contribution in [0.1, 0.15) is 24.6 Å². The summed E-state index contributed by atoms with van der Waals surface area (Å²) in [5.41, 5.74) is 2.48. The van der Waals surface area contributed by atoms with E-state index in [1.807, 2.05) is 24.3 Å². The van der Waals surface area contributed by atoms with E-state index in [4.69, 9.17) is 9.97 Å². The fourth-order valence-electron chi connectivity index (χ4n) is 3.17. The van der Waals surface area contributed by atoms with Gasteiger partial charge in [0.2, 0.25) is 0 Å². The van der Waals surface area contributed by atoms with Gasteiger partial charge in [0.25, 0.3) is 0 Å². The van der Waals surface area contributed by atoms with E-state index in [1.54, 1.807) is 18.5 Å². The molecule has 4 rings (SSSR count). The molecule has 0 aliphatic carbocycles. The molecule has 0 spiro atoms. The molecule has 2 N–H and O–H groups in total. The lowest BCUT2D eigenvalue weighted by molar-refractivity contribution is 0.447. The number of nitrogens with one attached hydrogen (secondary N) is 2. The molecular weight excluding hydrogens is 329 g/mol. The summed E-state index contributed by atoms with van der Waals surface area (Å²) < 4.78 is 13.5. The van der Waals surface area contributed by atoms with Gasteiger partial charge >= 0.3 is 0 Å². The van der Waals surface area contributed by atoms with Gasteiger partial charge in [-0.25, -0.2) is 14.4 Å². The molecular formula is C20H20FN5. The number of nitrogens with zero attached hydrogens (tertiary/aromatic N) is 3. The normalized spacial score (nSPS) is 17.0. The van der Waals surface area contributed by atoms with Gasteiger partial charge in [-0.1, -0.05) is 6.07 Å². The SMILES string of the molecule is Fc1cccc(Nc2cc(-c3ccncc3)nc([C@@H]3CCCNC3)n2)c1. The fraction of sp³-hybridized carbons (Fsp3) is 0.250. The summed E-state index contributed by atoms with van der Waals surface area (Å²) in [6, 6.07) is 12.1. The Labute approximate surface area is 151 Å². The van der Waals surface area contributed by atoms with Gasteiger partial charge in [0.1, 0.15) is 17.5 Å². The summed E-state index contributed by atoms with van der Waals surface area (Å²) in [6.07, 6.45) is 5.67. The lowest BCUT2D eigenvalue weighted by atomic mass is 9.98. The molecule has 3 heterocycles. The number of rotatable bonds is 4. The number of anilines is 2. The Morgan fingerprint density at radius 2 is 1.96 bits per heavy atom. The zero-order valence-corrected chi connectivity index (χ0v) is 14.3. The Bertz CT molecular complexity index is 878. The van der Waals surface area contributed by atoms with E-state index in [1.165, 1.54) is 12.1 Å². The van der Waals surface area contributed by atoms with Crippen molar-refractivity contribution >= 4 is 11.5 Å². The van der Waals surface area contributed by atoms with Crippen LogP contribution in [-0.2, 0) is 0 Å². The van der Waals surface area contributed by atoms with E-state index >= 15 is 0 Å². The molecule has 6 heteroatoms. The van der Waals surface area contributed by atoms with Crippen molar-refractivity contribution in [3.8, 4) is 11.3 Å². The molecule has 1 aliphatic heterocycles. The van der Waals surface area contributed by atoms with Crippen molar-refractivity contribution < 1.29 is 4.39 Å². The molecule has 1 aromatic carbocycles. The van der Waals surface area contributed by atoms with Crippen molar-refractivity contribution in [2.45, 2.75) is 18.8 Å². The summed E-state index contributed by atoms with van der Waals surface area (Å²) in [5, 5.41) is 6.62. The topological polar surface area (TPSA) is 62.7 Å². The molecule has 1 atom stereocenters. The van der Waals surface area contributed by atoms with Gasteiger partial charge in [-0.05, 0) is 49.7 Å². The second-order valence-electron chi connectivity index (χ2n) is 6.41. The van der Waals surface area contributed by atoms with Gasteiger partial charge in [-0.15, -0.1) is 0 Å². The summed E-state index contributed by atoms with van der Waals surface area (Å²) in [6.45, 7) is 1.91. The molecule has 5 nitrogen and oxygen atoms in total. The first-order valence-electron chi connectivity index (χ1n) is 8.80. The van der Waals surface area contributed by atoms with Gasteiger partial charge < -0.3 is 10.6 Å². The second kappa shape index (κ2) is 7.58. The second-order valence-corrected chi connectivity index (χ2v) is 6.41. The molecule has 132 valence electrons. The third kappa shape index (κ3) is 3.86. The molecule has 1 saturated heterocycles. The van der Waals surface area contributed by atoms with Crippen LogP contribution in [0.4, 0.5) is 15.9 Å². The largest absolute Gasteiger partial charge is 0.340 e. The number of aromatic nitrogens is 3. The van der Waals surface area contributed by atoms with Gasteiger partial charge in [-0.3, -0.25) is 4.98 Å². The highest BCUT2D eigenvalue weighted by atomic mass is 19.1. The average Bonchev–Trinajstić information content (AvgIpc) is 2.69. The molecule has 1 fully saturated rings. The average molecular weight is 349 g/mol. The first kappa shape index (κ1) is 16.6. The third-order valence-electron chi connectivity index (χ3n) is 4.48.